The van der Waals surface area contributed by atoms with Crippen molar-refractivity contribution in [3.05, 3.63) is 29.8 Å². The molecule has 1 N–H and O–H groups in total. The smallest absolute Gasteiger partial charge is 0.0342 e. The van der Waals surface area contributed by atoms with Crippen LogP contribution in [0.15, 0.2) is 24.3 Å². The van der Waals surface area contributed by atoms with Crippen LogP contribution in [-0.2, 0) is 6.42 Å². The SMILES string of the molecule is CCCc1ccc(NC(C)C2CCCC2)cc1. The molecule has 0 aromatic heterocycles. The van der Waals surface area contributed by atoms with Gasteiger partial charge >= 0.3 is 0 Å². The van der Waals surface area contributed by atoms with Crippen LogP contribution in [0.4, 0.5) is 5.69 Å². The first-order valence-electron chi connectivity index (χ1n) is 7.15. The lowest BCUT2D eigenvalue weighted by atomic mass is 9.99. The lowest BCUT2D eigenvalue weighted by Gasteiger charge is -2.21. The maximum absolute atomic E-state index is 3.65. The summed E-state index contributed by atoms with van der Waals surface area (Å²) in [4.78, 5) is 0. The Labute approximate surface area is 106 Å². The summed E-state index contributed by atoms with van der Waals surface area (Å²) in [5, 5.41) is 3.65. The topological polar surface area (TPSA) is 12.0 Å². The number of hydrogen-bond donors (Lipinski definition) is 1. The Morgan fingerprint density at radius 3 is 2.41 bits per heavy atom. The summed E-state index contributed by atoms with van der Waals surface area (Å²) in [6.07, 6.45) is 8.08. The van der Waals surface area contributed by atoms with Gasteiger partial charge in [0.1, 0.15) is 0 Å². The van der Waals surface area contributed by atoms with Crippen LogP contribution in [-0.4, -0.2) is 6.04 Å². The molecule has 1 aliphatic rings. The Hall–Kier alpha value is -0.980. The van der Waals surface area contributed by atoms with E-state index in [0.29, 0.717) is 6.04 Å². The molecule has 2 rings (SSSR count). The van der Waals surface area contributed by atoms with Gasteiger partial charge in [-0.05, 0) is 49.8 Å². The van der Waals surface area contributed by atoms with E-state index in [1.54, 1.807) is 0 Å². The maximum atomic E-state index is 3.65. The van der Waals surface area contributed by atoms with Crippen LogP contribution in [0.25, 0.3) is 0 Å². The zero-order valence-corrected chi connectivity index (χ0v) is 11.2. The van der Waals surface area contributed by atoms with Crippen LogP contribution >= 0.6 is 0 Å². The molecular formula is C16H25N. The zero-order chi connectivity index (χ0) is 12.1. The van der Waals surface area contributed by atoms with Gasteiger partial charge in [0.2, 0.25) is 0 Å². The summed E-state index contributed by atoms with van der Waals surface area (Å²) in [5.74, 6) is 0.880. The molecule has 1 nitrogen and oxygen atoms in total. The fraction of sp³-hybridized carbons (Fsp3) is 0.625. The highest BCUT2D eigenvalue weighted by Crippen LogP contribution is 2.29. The molecule has 1 aromatic carbocycles. The van der Waals surface area contributed by atoms with Crippen molar-refractivity contribution in [2.24, 2.45) is 5.92 Å². The van der Waals surface area contributed by atoms with Gasteiger partial charge in [-0.25, -0.2) is 0 Å². The number of anilines is 1. The fourth-order valence-electron chi connectivity index (χ4n) is 2.89. The number of nitrogens with one attached hydrogen (secondary N) is 1. The molecule has 1 atom stereocenters. The number of aryl methyl sites for hydroxylation is 1. The highest BCUT2D eigenvalue weighted by Gasteiger charge is 2.21. The van der Waals surface area contributed by atoms with E-state index in [1.807, 2.05) is 0 Å². The van der Waals surface area contributed by atoms with Crippen LogP contribution in [0, 0.1) is 5.92 Å². The van der Waals surface area contributed by atoms with Crippen LogP contribution in [0.1, 0.15) is 51.5 Å². The molecular weight excluding hydrogens is 206 g/mol. The molecule has 1 saturated carbocycles. The summed E-state index contributed by atoms with van der Waals surface area (Å²) in [6.45, 7) is 4.56. The minimum Gasteiger partial charge on any atom is -0.382 e. The van der Waals surface area contributed by atoms with Crippen LogP contribution in [0.5, 0.6) is 0 Å². The largest absolute Gasteiger partial charge is 0.382 e. The summed E-state index contributed by atoms with van der Waals surface area (Å²) in [5.41, 5.74) is 2.73. The second-order valence-electron chi connectivity index (χ2n) is 5.42. The van der Waals surface area contributed by atoms with Gasteiger partial charge in [-0.2, -0.15) is 0 Å². The van der Waals surface area contributed by atoms with Crippen LogP contribution in [0.2, 0.25) is 0 Å². The first-order valence-corrected chi connectivity index (χ1v) is 7.15. The third kappa shape index (κ3) is 3.49. The third-order valence-electron chi connectivity index (χ3n) is 3.99. The molecule has 0 radical (unpaired) electrons. The molecule has 0 bridgehead atoms. The number of benzene rings is 1. The van der Waals surface area contributed by atoms with Gasteiger partial charge in [0.15, 0.2) is 0 Å². The van der Waals surface area contributed by atoms with E-state index in [0.717, 1.165) is 5.92 Å². The average Bonchev–Trinajstić information content (AvgIpc) is 2.86. The fourth-order valence-corrected chi connectivity index (χ4v) is 2.89. The molecule has 1 aliphatic carbocycles. The van der Waals surface area contributed by atoms with Gasteiger partial charge in [-0.1, -0.05) is 38.3 Å². The Bertz CT molecular complexity index is 322. The lowest BCUT2D eigenvalue weighted by molar-refractivity contribution is 0.482. The second kappa shape index (κ2) is 6.09. The molecule has 1 fully saturated rings. The highest BCUT2D eigenvalue weighted by molar-refractivity contribution is 5.45. The molecule has 1 aromatic rings. The van der Waals surface area contributed by atoms with Crippen LogP contribution in [0.3, 0.4) is 0 Å². The van der Waals surface area contributed by atoms with E-state index >= 15 is 0 Å². The van der Waals surface area contributed by atoms with Gasteiger partial charge in [0.05, 0.1) is 0 Å². The Morgan fingerprint density at radius 2 is 1.82 bits per heavy atom. The van der Waals surface area contributed by atoms with Gasteiger partial charge < -0.3 is 5.32 Å². The van der Waals surface area contributed by atoms with E-state index in [4.69, 9.17) is 0 Å². The summed E-state index contributed by atoms with van der Waals surface area (Å²) >= 11 is 0. The van der Waals surface area contributed by atoms with Gasteiger partial charge in [0, 0.05) is 11.7 Å². The monoisotopic (exact) mass is 231 g/mol. The first-order chi connectivity index (χ1) is 8.29. The molecule has 0 amide bonds. The minimum atomic E-state index is 0.620. The molecule has 0 aliphatic heterocycles. The van der Waals surface area contributed by atoms with Crippen molar-refractivity contribution in [2.75, 3.05) is 5.32 Å². The maximum Gasteiger partial charge on any atom is 0.0342 e. The summed E-state index contributed by atoms with van der Waals surface area (Å²) in [7, 11) is 0. The molecule has 1 unspecified atom stereocenters. The Morgan fingerprint density at radius 1 is 1.18 bits per heavy atom. The quantitative estimate of drug-likeness (QED) is 0.779. The Balaban J connectivity index is 1.89. The molecule has 0 spiro atoms. The number of hydrogen-bond acceptors (Lipinski definition) is 1. The standard InChI is InChI=1S/C16H25N/c1-3-6-14-9-11-16(12-10-14)17-13(2)15-7-4-5-8-15/h9-13,15,17H,3-8H2,1-2H3. The van der Waals surface area contributed by atoms with E-state index < -0.39 is 0 Å². The van der Waals surface area contributed by atoms with Gasteiger partial charge in [-0.3, -0.25) is 0 Å². The van der Waals surface area contributed by atoms with E-state index in [2.05, 4.69) is 43.4 Å². The zero-order valence-electron chi connectivity index (χ0n) is 11.2. The van der Waals surface area contributed by atoms with E-state index in [-0.39, 0.29) is 0 Å². The number of rotatable bonds is 5. The normalized spacial score (nSPS) is 18.2. The van der Waals surface area contributed by atoms with E-state index in [9.17, 15) is 0 Å². The lowest BCUT2D eigenvalue weighted by Crippen LogP contribution is -2.23. The van der Waals surface area contributed by atoms with Gasteiger partial charge in [-0.15, -0.1) is 0 Å². The predicted octanol–water partition coefficient (Wildman–Crippen LogP) is 4.63. The van der Waals surface area contributed by atoms with Crippen molar-refractivity contribution in [1.29, 1.82) is 0 Å². The molecule has 1 heteroatoms. The highest BCUT2D eigenvalue weighted by atomic mass is 14.9. The van der Waals surface area contributed by atoms with Gasteiger partial charge in [0.25, 0.3) is 0 Å². The van der Waals surface area contributed by atoms with Crippen LogP contribution < -0.4 is 5.32 Å². The van der Waals surface area contributed by atoms with E-state index in [1.165, 1.54) is 49.8 Å². The van der Waals surface area contributed by atoms with Crippen molar-refractivity contribution < 1.29 is 0 Å². The molecule has 0 heterocycles. The second-order valence-corrected chi connectivity index (χ2v) is 5.42. The molecule has 0 saturated heterocycles. The average molecular weight is 231 g/mol. The predicted molar refractivity (Wildman–Crippen MR) is 75.5 cm³/mol. The van der Waals surface area contributed by atoms with Crippen molar-refractivity contribution in [2.45, 2.75) is 58.4 Å². The molecule has 17 heavy (non-hydrogen) atoms. The third-order valence-corrected chi connectivity index (χ3v) is 3.99. The van der Waals surface area contributed by atoms with Crippen molar-refractivity contribution in [1.82, 2.24) is 0 Å². The Kier molecular flexibility index (Phi) is 4.47. The first kappa shape index (κ1) is 12.5. The minimum absolute atomic E-state index is 0.620. The summed E-state index contributed by atoms with van der Waals surface area (Å²) < 4.78 is 0. The van der Waals surface area contributed by atoms with Crippen molar-refractivity contribution >= 4 is 5.69 Å². The van der Waals surface area contributed by atoms with Crippen molar-refractivity contribution in [3.8, 4) is 0 Å². The molecule has 94 valence electrons. The summed E-state index contributed by atoms with van der Waals surface area (Å²) in [6, 6.07) is 9.60. The van der Waals surface area contributed by atoms with Crippen molar-refractivity contribution in [3.63, 3.8) is 0 Å².